The molecule has 8 heteroatoms. The number of hydrogen-bond donors (Lipinski definition) is 1. The highest BCUT2D eigenvalue weighted by Crippen LogP contribution is 2.35. The van der Waals surface area contributed by atoms with E-state index in [4.69, 9.17) is 0 Å². The molecule has 0 aliphatic rings. The molecule has 0 radical (unpaired) electrons. The number of rotatable bonds is 3. The van der Waals surface area contributed by atoms with Crippen LogP contribution in [0.15, 0.2) is 42.5 Å². The molecular weight excluding hydrogens is 326 g/mol. The van der Waals surface area contributed by atoms with Gasteiger partial charge in [-0.05, 0) is 41.0 Å². The van der Waals surface area contributed by atoms with Gasteiger partial charge in [0.15, 0.2) is 0 Å². The molecule has 2 rings (SSSR count). The highest BCUT2D eigenvalue weighted by molar-refractivity contribution is 5.69. The first-order valence-electron chi connectivity index (χ1n) is 6.27. The molecule has 0 heterocycles. The standard InChI is InChI=1S/C15H10F6O2/c16-14(17,18)11-4-5-13(10(6-11)8-22)9-2-1-3-12(7-9)23-15(19,20)21/h1-7,22H,8H2. The molecule has 2 aromatic rings. The second kappa shape index (κ2) is 6.11. The van der Waals surface area contributed by atoms with Gasteiger partial charge in [0.2, 0.25) is 0 Å². The maximum Gasteiger partial charge on any atom is 0.573 e. The van der Waals surface area contributed by atoms with Gasteiger partial charge in [0.05, 0.1) is 12.2 Å². The first-order chi connectivity index (χ1) is 10.6. The Bertz CT molecular complexity index is 691. The van der Waals surface area contributed by atoms with E-state index in [2.05, 4.69) is 4.74 Å². The van der Waals surface area contributed by atoms with Gasteiger partial charge < -0.3 is 9.84 Å². The zero-order valence-electron chi connectivity index (χ0n) is 11.4. The van der Waals surface area contributed by atoms with Gasteiger partial charge in [-0.3, -0.25) is 0 Å². The zero-order valence-corrected chi connectivity index (χ0v) is 11.4. The Morgan fingerprint density at radius 2 is 1.61 bits per heavy atom. The van der Waals surface area contributed by atoms with Crippen LogP contribution >= 0.6 is 0 Å². The molecule has 0 fully saturated rings. The van der Waals surface area contributed by atoms with Crippen LogP contribution in [0.1, 0.15) is 11.1 Å². The summed E-state index contributed by atoms with van der Waals surface area (Å²) in [5, 5.41) is 9.25. The predicted octanol–water partition coefficient (Wildman–Crippen LogP) is 4.76. The Morgan fingerprint density at radius 3 is 2.17 bits per heavy atom. The number of aliphatic hydroxyl groups is 1. The van der Waals surface area contributed by atoms with Crippen LogP contribution < -0.4 is 4.74 Å². The van der Waals surface area contributed by atoms with E-state index in [9.17, 15) is 31.4 Å². The van der Waals surface area contributed by atoms with Crippen molar-refractivity contribution < 1.29 is 36.2 Å². The lowest BCUT2D eigenvalue weighted by molar-refractivity contribution is -0.274. The smallest absolute Gasteiger partial charge is 0.406 e. The number of ether oxygens (including phenoxy) is 1. The third-order valence-corrected chi connectivity index (χ3v) is 2.98. The molecular formula is C15H10F6O2. The van der Waals surface area contributed by atoms with Crippen LogP contribution in [0.2, 0.25) is 0 Å². The summed E-state index contributed by atoms with van der Waals surface area (Å²) >= 11 is 0. The van der Waals surface area contributed by atoms with Crippen LogP contribution in [0.25, 0.3) is 11.1 Å². The number of benzene rings is 2. The molecule has 0 atom stereocenters. The molecule has 0 saturated heterocycles. The van der Waals surface area contributed by atoms with Crippen molar-refractivity contribution in [2.24, 2.45) is 0 Å². The lowest BCUT2D eigenvalue weighted by Gasteiger charge is -2.14. The van der Waals surface area contributed by atoms with Gasteiger partial charge in [0.1, 0.15) is 5.75 Å². The summed E-state index contributed by atoms with van der Waals surface area (Å²) in [6, 6.07) is 7.44. The fraction of sp³-hybridized carbons (Fsp3) is 0.200. The third-order valence-electron chi connectivity index (χ3n) is 2.98. The van der Waals surface area contributed by atoms with E-state index in [0.29, 0.717) is 0 Å². The molecule has 0 aliphatic carbocycles. The van der Waals surface area contributed by atoms with Crippen LogP contribution in [0.5, 0.6) is 5.75 Å². The minimum Gasteiger partial charge on any atom is -0.406 e. The highest BCUT2D eigenvalue weighted by atomic mass is 19.4. The summed E-state index contributed by atoms with van der Waals surface area (Å²) in [4.78, 5) is 0. The summed E-state index contributed by atoms with van der Waals surface area (Å²) in [6.07, 6.45) is -9.46. The average Bonchev–Trinajstić information content (AvgIpc) is 2.44. The molecule has 0 amide bonds. The number of alkyl halides is 6. The van der Waals surface area contributed by atoms with Crippen molar-refractivity contribution in [1.82, 2.24) is 0 Å². The number of aliphatic hydroxyl groups excluding tert-OH is 1. The fourth-order valence-electron chi connectivity index (χ4n) is 2.04. The monoisotopic (exact) mass is 336 g/mol. The number of hydrogen-bond acceptors (Lipinski definition) is 2. The summed E-state index contributed by atoms with van der Waals surface area (Å²) in [7, 11) is 0. The molecule has 2 aromatic carbocycles. The van der Waals surface area contributed by atoms with Gasteiger partial charge in [-0.15, -0.1) is 13.2 Å². The summed E-state index contributed by atoms with van der Waals surface area (Å²) < 4.78 is 78.4. The van der Waals surface area contributed by atoms with Crippen LogP contribution in [-0.2, 0) is 12.8 Å². The van der Waals surface area contributed by atoms with Gasteiger partial charge >= 0.3 is 12.5 Å². The molecule has 2 nitrogen and oxygen atoms in total. The van der Waals surface area contributed by atoms with Crippen LogP contribution in [0, 0.1) is 0 Å². The molecule has 124 valence electrons. The largest absolute Gasteiger partial charge is 0.573 e. The third kappa shape index (κ3) is 4.38. The zero-order chi connectivity index (χ0) is 17.3. The van der Waals surface area contributed by atoms with Crippen LogP contribution in [0.3, 0.4) is 0 Å². The van der Waals surface area contributed by atoms with Crippen molar-refractivity contribution in [3.63, 3.8) is 0 Å². The van der Waals surface area contributed by atoms with Crippen LogP contribution in [0.4, 0.5) is 26.3 Å². The van der Waals surface area contributed by atoms with E-state index in [1.807, 2.05) is 0 Å². The van der Waals surface area contributed by atoms with E-state index in [1.165, 1.54) is 12.1 Å². The second-order valence-electron chi connectivity index (χ2n) is 4.60. The lowest BCUT2D eigenvalue weighted by Crippen LogP contribution is -2.17. The molecule has 1 N–H and O–H groups in total. The normalized spacial score (nSPS) is 12.3. The van der Waals surface area contributed by atoms with E-state index in [0.717, 1.165) is 30.3 Å². The first kappa shape index (κ1) is 17.1. The maximum atomic E-state index is 12.7. The van der Waals surface area contributed by atoms with Gasteiger partial charge in [-0.2, -0.15) is 13.2 Å². The molecule has 23 heavy (non-hydrogen) atoms. The lowest BCUT2D eigenvalue weighted by atomic mass is 9.97. The maximum absolute atomic E-state index is 12.7. The Morgan fingerprint density at radius 1 is 0.913 bits per heavy atom. The molecule has 0 saturated carbocycles. The van der Waals surface area contributed by atoms with Gasteiger partial charge in [-0.1, -0.05) is 18.2 Å². The molecule has 0 aliphatic heterocycles. The topological polar surface area (TPSA) is 29.5 Å². The second-order valence-corrected chi connectivity index (χ2v) is 4.60. The SMILES string of the molecule is OCc1cc(C(F)(F)F)ccc1-c1cccc(OC(F)(F)F)c1. The molecule has 0 aromatic heterocycles. The van der Waals surface area contributed by atoms with E-state index >= 15 is 0 Å². The van der Waals surface area contributed by atoms with E-state index in [-0.39, 0.29) is 16.7 Å². The van der Waals surface area contributed by atoms with Gasteiger partial charge in [0.25, 0.3) is 0 Å². The van der Waals surface area contributed by atoms with Crippen molar-refractivity contribution in [3.05, 3.63) is 53.6 Å². The first-order valence-corrected chi connectivity index (χ1v) is 6.27. The van der Waals surface area contributed by atoms with Crippen molar-refractivity contribution in [2.75, 3.05) is 0 Å². The Hall–Kier alpha value is -2.22. The minimum atomic E-state index is -4.88. The quantitative estimate of drug-likeness (QED) is 0.819. The number of halogens is 6. The Balaban J connectivity index is 2.44. The van der Waals surface area contributed by atoms with Gasteiger partial charge in [0, 0.05) is 0 Å². The summed E-state index contributed by atoms with van der Waals surface area (Å²) in [6.45, 7) is -0.691. The van der Waals surface area contributed by atoms with Crippen molar-refractivity contribution in [3.8, 4) is 16.9 Å². The summed E-state index contributed by atoms with van der Waals surface area (Å²) in [5.74, 6) is -0.501. The van der Waals surface area contributed by atoms with E-state index < -0.39 is 30.5 Å². The predicted molar refractivity (Wildman–Crippen MR) is 69.5 cm³/mol. The van der Waals surface area contributed by atoms with Gasteiger partial charge in [-0.25, -0.2) is 0 Å². The highest BCUT2D eigenvalue weighted by Gasteiger charge is 2.32. The fourth-order valence-corrected chi connectivity index (χ4v) is 2.04. The average molecular weight is 336 g/mol. The van der Waals surface area contributed by atoms with Crippen molar-refractivity contribution in [1.29, 1.82) is 0 Å². The minimum absolute atomic E-state index is 0.0519. The van der Waals surface area contributed by atoms with E-state index in [1.54, 1.807) is 0 Å². The Kier molecular flexibility index (Phi) is 4.56. The van der Waals surface area contributed by atoms with Crippen molar-refractivity contribution in [2.45, 2.75) is 19.1 Å². The molecule has 0 unspecified atom stereocenters. The molecule has 0 bridgehead atoms. The summed E-state index contributed by atoms with van der Waals surface area (Å²) in [5.41, 5.74) is -0.616. The van der Waals surface area contributed by atoms with Crippen molar-refractivity contribution >= 4 is 0 Å². The molecule has 0 spiro atoms. The Labute approximate surface area is 126 Å². The van der Waals surface area contributed by atoms with Crippen LogP contribution in [-0.4, -0.2) is 11.5 Å².